The summed E-state index contributed by atoms with van der Waals surface area (Å²) < 4.78 is 0. The number of anilines is 4. The monoisotopic (exact) mass is 614 g/mol. The van der Waals surface area contributed by atoms with Gasteiger partial charge in [0.05, 0.1) is 11.4 Å². The summed E-state index contributed by atoms with van der Waals surface area (Å²) in [5.74, 6) is 0. The molecule has 0 saturated carbocycles. The second kappa shape index (κ2) is 15.2. The maximum atomic E-state index is 4.77. The molecule has 0 radical (unpaired) electrons. The van der Waals surface area contributed by atoms with Crippen LogP contribution < -0.4 is 19.6 Å². The zero-order chi connectivity index (χ0) is 33.4. The summed E-state index contributed by atoms with van der Waals surface area (Å²) in [6, 6.07) is 33.4. The number of rotatable bonds is 11. The van der Waals surface area contributed by atoms with Gasteiger partial charge in [0.1, 0.15) is 11.4 Å². The fourth-order valence-corrected chi connectivity index (χ4v) is 4.63. The van der Waals surface area contributed by atoms with Crippen LogP contribution in [0.3, 0.4) is 0 Å². The van der Waals surface area contributed by atoms with E-state index in [0.717, 1.165) is 56.4 Å². The van der Waals surface area contributed by atoms with E-state index in [1.807, 2.05) is 70.2 Å². The fraction of sp³-hybridized carbons (Fsp3) is 0.263. The first kappa shape index (κ1) is 33.6. The quantitative estimate of drug-likeness (QED) is 0.134. The van der Waals surface area contributed by atoms with Gasteiger partial charge in [0.15, 0.2) is 0 Å². The molecule has 0 aromatic heterocycles. The molecule has 8 heteroatoms. The Labute approximate surface area is 274 Å². The molecule has 0 amide bonds. The van der Waals surface area contributed by atoms with Crippen molar-refractivity contribution in [1.29, 1.82) is 0 Å². The van der Waals surface area contributed by atoms with Crippen LogP contribution in [-0.4, -0.2) is 79.2 Å². The van der Waals surface area contributed by atoms with Gasteiger partial charge in [-0.1, -0.05) is 48.5 Å². The molecule has 8 nitrogen and oxygen atoms in total. The van der Waals surface area contributed by atoms with E-state index in [0.29, 0.717) is 11.4 Å². The summed E-state index contributed by atoms with van der Waals surface area (Å²) in [5, 5.41) is 18.8. The van der Waals surface area contributed by atoms with Crippen molar-refractivity contribution in [3.63, 3.8) is 0 Å². The van der Waals surface area contributed by atoms with Crippen LogP contribution in [0.25, 0.3) is 0 Å². The first-order valence-electron chi connectivity index (χ1n) is 15.3. The van der Waals surface area contributed by atoms with E-state index < -0.39 is 0 Å². The first-order valence-corrected chi connectivity index (χ1v) is 15.3. The lowest BCUT2D eigenvalue weighted by atomic mass is 10.0. The molecule has 0 heterocycles. The largest absolute Gasteiger partial charge is 0.378 e. The second-order valence-corrected chi connectivity index (χ2v) is 12.0. The zero-order valence-corrected chi connectivity index (χ0v) is 28.8. The topological polar surface area (TPSA) is 62.4 Å². The minimum Gasteiger partial charge on any atom is -0.378 e. The Balaban J connectivity index is 1.73. The van der Waals surface area contributed by atoms with Crippen molar-refractivity contribution >= 4 is 45.6 Å². The molecule has 0 aliphatic rings. The lowest BCUT2D eigenvalue weighted by Crippen LogP contribution is -2.11. The highest BCUT2D eigenvalue weighted by Gasteiger charge is 2.11. The van der Waals surface area contributed by atoms with Crippen LogP contribution in [0, 0.1) is 0 Å². The lowest BCUT2D eigenvalue weighted by molar-refractivity contribution is 1.13. The molecule has 0 unspecified atom stereocenters. The van der Waals surface area contributed by atoms with Crippen LogP contribution in [0.1, 0.15) is 36.1 Å². The normalized spacial score (nSPS) is 11.5. The van der Waals surface area contributed by atoms with E-state index in [1.54, 1.807) is 0 Å². The van der Waals surface area contributed by atoms with Crippen molar-refractivity contribution in [2.24, 2.45) is 20.4 Å². The third-order valence-corrected chi connectivity index (χ3v) is 7.75. The second-order valence-electron chi connectivity index (χ2n) is 12.0. The standard InChI is InChI=1S/C38H46N8/c1-27(39-41-37(29-11-19-33(20-12-29)43(3)4)30-13-21-34(22-14-30)44(5)6)28(2)40-42-38(31-15-23-35(24-16-31)45(7)8)32-17-25-36(26-18-32)46(9)10/h11-26H,1-10H3/b39-27+,40-28+. The third-order valence-electron chi connectivity index (χ3n) is 7.75. The van der Waals surface area contributed by atoms with Crippen molar-refractivity contribution in [3.05, 3.63) is 119 Å². The number of hydrogen-bond acceptors (Lipinski definition) is 8. The average molecular weight is 615 g/mol. The molecule has 0 aliphatic heterocycles. The van der Waals surface area contributed by atoms with Gasteiger partial charge in [-0.2, -0.15) is 10.2 Å². The van der Waals surface area contributed by atoms with E-state index in [9.17, 15) is 0 Å². The van der Waals surface area contributed by atoms with Crippen molar-refractivity contribution in [2.75, 3.05) is 76.0 Å². The maximum Gasteiger partial charge on any atom is 0.100 e. The Morgan fingerprint density at radius 2 is 0.522 bits per heavy atom. The van der Waals surface area contributed by atoms with Crippen molar-refractivity contribution in [2.45, 2.75) is 13.8 Å². The van der Waals surface area contributed by atoms with Gasteiger partial charge in [-0.25, -0.2) is 0 Å². The molecular weight excluding hydrogens is 568 g/mol. The highest BCUT2D eigenvalue weighted by atomic mass is 15.2. The SMILES string of the molecule is CC(=N\N=C(c1ccc(N(C)C)cc1)c1ccc(N(C)C)cc1)/C(C)=N/N=C(c1ccc(N(C)C)cc1)c1ccc(N(C)C)cc1. The van der Waals surface area contributed by atoms with Crippen LogP contribution in [0.15, 0.2) is 117 Å². The summed E-state index contributed by atoms with van der Waals surface area (Å²) in [6.45, 7) is 3.83. The molecule has 0 fully saturated rings. The number of hydrogen-bond donors (Lipinski definition) is 0. The van der Waals surface area contributed by atoms with E-state index >= 15 is 0 Å². The molecule has 4 aromatic carbocycles. The van der Waals surface area contributed by atoms with Crippen LogP contribution >= 0.6 is 0 Å². The number of benzene rings is 4. The van der Waals surface area contributed by atoms with E-state index in [-0.39, 0.29) is 0 Å². The molecule has 0 spiro atoms. The average Bonchev–Trinajstić information content (AvgIpc) is 3.05. The summed E-state index contributed by atoms with van der Waals surface area (Å²) in [5.41, 5.74) is 11.4. The molecule has 0 saturated heterocycles. The molecule has 238 valence electrons. The predicted octanol–water partition coefficient (Wildman–Crippen LogP) is 7.08. The molecular formula is C38H46N8. The Morgan fingerprint density at radius 1 is 0.326 bits per heavy atom. The van der Waals surface area contributed by atoms with E-state index in [1.165, 1.54) is 0 Å². The molecule has 4 aromatic rings. The van der Waals surface area contributed by atoms with Gasteiger partial charge in [0, 0.05) is 101 Å². The summed E-state index contributed by atoms with van der Waals surface area (Å²) in [4.78, 5) is 8.32. The van der Waals surface area contributed by atoms with E-state index in [4.69, 9.17) is 10.2 Å². The molecule has 46 heavy (non-hydrogen) atoms. The van der Waals surface area contributed by atoms with Gasteiger partial charge in [0.2, 0.25) is 0 Å². The van der Waals surface area contributed by atoms with Crippen LogP contribution in [0.4, 0.5) is 22.7 Å². The fourth-order valence-electron chi connectivity index (χ4n) is 4.63. The Bertz CT molecular complexity index is 1470. The third kappa shape index (κ3) is 8.47. The Hall–Kier alpha value is -5.24. The van der Waals surface area contributed by atoms with Crippen molar-refractivity contribution in [1.82, 2.24) is 0 Å². The first-order chi connectivity index (χ1) is 21.9. The summed E-state index contributed by atoms with van der Waals surface area (Å²) in [7, 11) is 16.3. The maximum absolute atomic E-state index is 4.77. The van der Waals surface area contributed by atoms with E-state index in [2.05, 4.69) is 127 Å². The summed E-state index contributed by atoms with van der Waals surface area (Å²) >= 11 is 0. The molecule has 0 N–H and O–H groups in total. The smallest absolute Gasteiger partial charge is 0.100 e. The van der Waals surface area contributed by atoms with Gasteiger partial charge in [0.25, 0.3) is 0 Å². The highest BCUT2D eigenvalue weighted by Crippen LogP contribution is 2.21. The van der Waals surface area contributed by atoms with Gasteiger partial charge < -0.3 is 19.6 Å². The van der Waals surface area contributed by atoms with Gasteiger partial charge in [-0.3, -0.25) is 0 Å². The van der Waals surface area contributed by atoms with Gasteiger partial charge >= 0.3 is 0 Å². The van der Waals surface area contributed by atoms with Crippen molar-refractivity contribution in [3.8, 4) is 0 Å². The van der Waals surface area contributed by atoms with Crippen LogP contribution in [0.5, 0.6) is 0 Å². The molecule has 0 bridgehead atoms. The minimum absolute atomic E-state index is 0.682. The van der Waals surface area contributed by atoms with Crippen LogP contribution in [0.2, 0.25) is 0 Å². The molecule has 0 atom stereocenters. The predicted molar refractivity (Wildman–Crippen MR) is 201 cm³/mol. The lowest BCUT2D eigenvalue weighted by Gasteiger charge is -2.15. The molecule has 4 rings (SSSR count). The Kier molecular flexibility index (Phi) is 11.1. The highest BCUT2D eigenvalue weighted by molar-refractivity contribution is 6.40. The van der Waals surface area contributed by atoms with Crippen molar-refractivity contribution < 1.29 is 0 Å². The minimum atomic E-state index is 0.682. The van der Waals surface area contributed by atoms with Crippen LogP contribution in [-0.2, 0) is 0 Å². The summed E-state index contributed by atoms with van der Waals surface area (Å²) in [6.07, 6.45) is 0. The molecule has 0 aliphatic carbocycles. The zero-order valence-electron chi connectivity index (χ0n) is 28.8. The van der Waals surface area contributed by atoms with Gasteiger partial charge in [-0.15, -0.1) is 10.2 Å². The Morgan fingerprint density at radius 3 is 0.696 bits per heavy atom. The number of nitrogens with zero attached hydrogens (tertiary/aromatic N) is 8. The van der Waals surface area contributed by atoms with Gasteiger partial charge in [-0.05, 0) is 62.4 Å².